The number of nitrogens with zero attached hydrogens (tertiary/aromatic N) is 1. The molecule has 1 aliphatic carbocycles. The van der Waals surface area contributed by atoms with Gasteiger partial charge < -0.3 is 5.32 Å². The Kier molecular flexibility index (Phi) is 11.5. The second-order valence-electron chi connectivity index (χ2n) is 7.24. The quantitative estimate of drug-likeness (QED) is 0.463. The molecule has 1 N–H and O–H groups in total. The monoisotopic (exact) mass is 434 g/mol. The van der Waals surface area contributed by atoms with E-state index in [1.165, 1.54) is 21.7 Å². The summed E-state index contributed by atoms with van der Waals surface area (Å²) < 4.78 is 0. The number of hydrogen-bond acceptors (Lipinski definition) is 3. The maximum atomic E-state index is 10.8. The molecule has 3 nitrogen and oxygen atoms in total. The molecule has 164 valence electrons. The SMILES string of the molecule is C/C=C\CC(=O)NCCC.CCCC1=CSc2ccccc2C(C2=CCC=CC=C2)=N1. The van der Waals surface area contributed by atoms with Crippen LogP contribution in [0.4, 0.5) is 0 Å². The Morgan fingerprint density at radius 1 is 1.19 bits per heavy atom. The minimum atomic E-state index is 0.111. The van der Waals surface area contributed by atoms with Gasteiger partial charge in [0.05, 0.1) is 5.71 Å². The van der Waals surface area contributed by atoms with Crippen LogP contribution in [-0.2, 0) is 4.79 Å². The van der Waals surface area contributed by atoms with E-state index in [-0.39, 0.29) is 5.91 Å². The zero-order valence-electron chi connectivity index (χ0n) is 18.9. The minimum absolute atomic E-state index is 0.111. The zero-order chi connectivity index (χ0) is 22.3. The van der Waals surface area contributed by atoms with E-state index in [0.29, 0.717) is 6.42 Å². The molecule has 0 radical (unpaired) electrons. The van der Waals surface area contributed by atoms with Gasteiger partial charge in [0.1, 0.15) is 0 Å². The van der Waals surface area contributed by atoms with Crippen molar-refractivity contribution in [1.29, 1.82) is 0 Å². The Bertz CT molecular complexity index is 904. The van der Waals surface area contributed by atoms with Crippen molar-refractivity contribution < 1.29 is 4.79 Å². The number of nitrogens with one attached hydrogen (secondary N) is 1. The molecule has 1 amide bonds. The molecule has 1 aromatic carbocycles. The second kappa shape index (κ2) is 14.4. The van der Waals surface area contributed by atoms with Crippen molar-refractivity contribution in [3.05, 3.63) is 89.0 Å². The molecule has 0 atom stereocenters. The van der Waals surface area contributed by atoms with Crippen molar-refractivity contribution in [2.75, 3.05) is 6.54 Å². The summed E-state index contributed by atoms with van der Waals surface area (Å²) in [6, 6.07) is 8.55. The van der Waals surface area contributed by atoms with Gasteiger partial charge in [0.2, 0.25) is 5.91 Å². The second-order valence-corrected chi connectivity index (χ2v) is 8.15. The first kappa shape index (κ1) is 24.7. The number of rotatable bonds is 7. The van der Waals surface area contributed by atoms with Gasteiger partial charge in [-0.15, -0.1) is 0 Å². The first-order valence-corrected chi connectivity index (χ1v) is 12.0. The fourth-order valence-corrected chi connectivity index (χ4v) is 3.92. The molecule has 2 aliphatic rings. The highest BCUT2D eigenvalue weighted by Crippen LogP contribution is 2.32. The summed E-state index contributed by atoms with van der Waals surface area (Å²) >= 11 is 1.79. The van der Waals surface area contributed by atoms with Crippen LogP contribution in [0.1, 0.15) is 58.4 Å². The Morgan fingerprint density at radius 2 is 2.03 bits per heavy atom. The topological polar surface area (TPSA) is 41.5 Å². The van der Waals surface area contributed by atoms with Crippen molar-refractivity contribution in [1.82, 2.24) is 5.32 Å². The van der Waals surface area contributed by atoms with Crippen LogP contribution >= 0.6 is 11.8 Å². The normalized spacial score (nSPS) is 15.0. The predicted molar refractivity (Wildman–Crippen MR) is 136 cm³/mol. The largest absolute Gasteiger partial charge is 0.356 e. The highest BCUT2D eigenvalue weighted by Gasteiger charge is 2.16. The highest BCUT2D eigenvalue weighted by molar-refractivity contribution is 8.02. The first-order chi connectivity index (χ1) is 15.2. The number of amides is 1. The van der Waals surface area contributed by atoms with Gasteiger partial charge >= 0.3 is 0 Å². The molecule has 0 bridgehead atoms. The molecule has 0 saturated heterocycles. The maximum absolute atomic E-state index is 10.8. The Balaban J connectivity index is 0.000000291. The van der Waals surface area contributed by atoms with E-state index in [1.54, 1.807) is 11.8 Å². The summed E-state index contributed by atoms with van der Waals surface area (Å²) in [6.07, 6.45) is 19.2. The van der Waals surface area contributed by atoms with Crippen LogP contribution in [-0.4, -0.2) is 18.2 Å². The number of allylic oxidation sites excluding steroid dienone is 8. The summed E-state index contributed by atoms with van der Waals surface area (Å²) in [4.78, 5) is 17.1. The van der Waals surface area contributed by atoms with Crippen molar-refractivity contribution in [2.24, 2.45) is 4.99 Å². The van der Waals surface area contributed by atoms with Crippen LogP contribution in [0.3, 0.4) is 0 Å². The molecule has 1 aliphatic heterocycles. The van der Waals surface area contributed by atoms with E-state index in [4.69, 9.17) is 4.99 Å². The molecule has 0 spiro atoms. The Morgan fingerprint density at radius 3 is 2.81 bits per heavy atom. The summed E-state index contributed by atoms with van der Waals surface area (Å²) in [5.41, 5.74) is 4.75. The molecular weight excluding hydrogens is 400 g/mol. The molecule has 4 heteroatoms. The van der Waals surface area contributed by atoms with E-state index in [0.717, 1.165) is 37.9 Å². The van der Waals surface area contributed by atoms with Crippen molar-refractivity contribution in [2.45, 2.75) is 57.8 Å². The fourth-order valence-electron chi connectivity index (χ4n) is 3.03. The minimum Gasteiger partial charge on any atom is -0.356 e. The van der Waals surface area contributed by atoms with Gasteiger partial charge in [-0.25, -0.2) is 0 Å². The van der Waals surface area contributed by atoms with Gasteiger partial charge in [-0.05, 0) is 43.2 Å². The molecule has 31 heavy (non-hydrogen) atoms. The van der Waals surface area contributed by atoms with Gasteiger partial charge in [0.25, 0.3) is 0 Å². The third-order valence-corrected chi connectivity index (χ3v) is 5.61. The predicted octanol–water partition coefficient (Wildman–Crippen LogP) is 7.14. The van der Waals surface area contributed by atoms with E-state index < -0.39 is 0 Å². The summed E-state index contributed by atoms with van der Waals surface area (Å²) in [6.45, 7) is 6.94. The average molecular weight is 435 g/mol. The molecule has 0 aromatic heterocycles. The number of thioether (sulfide) groups is 1. The number of benzene rings is 1. The lowest BCUT2D eigenvalue weighted by Gasteiger charge is -2.10. The lowest BCUT2D eigenvalue weighted by atomic mass is 10.0. The van der Waals surface area contributed by atoms with E-state index >= 15 is 0 Å². The summed E-state index contributed by atoms with van der Waals surface area (Å²) in [5.74, 6) is 0.111. The van der Waals surface area contributed by atoms with Crippen molar-refractivity contribution in [3.8, 4) is 0 Å². The van der Waals surface area contributed by atoms with Crippen LogP contribution in [0.2, 0.25) is 0 Å². The Hall–Kier alpha value is -2.59. The standard InChI is InChI=1S/C19H19NS.C8H15NO/c1-2-9-16-14-21-18-13-8-7-12-17(18)19(20-16)15-10-5-3-4-6-11-15;1-3-5-6-8(10)9-7-4-2/h3-5,7-8,10-14H,2,6,9H2,1H3;3,5H,4,6-7H2,1-2H3,(H,9,10)/b;5-3-. The smallest absolute Gasteiger partial charge is 0.223 e. The van der Waals surface area contributed by atoms with Crippen LogP contribution < -0.4 is 5.32 Å². The lowest BCUT2D eigenvalue weighted by molar-refractivity contribution is -0.120. The Labute approximate surface area is 191 Å². The maximum Gasteiger partial charge on any atom is 0.223 e. The van der Waals surface area contributed by atoms with Crippen LogP contribution in [0.25, 0.3) is 0 Å². The molecule has 0 unspecified atom stereocenters. The molecule has 1 heterocycles. The van der Waals surface area contributed by atoms with Gasteiger partial charge in [-0.1, -0.05) is 92.8 Å². The van der Waals surface area contributed by atoms with E-state index in [9.17, 15) is 4.79 Å². The summed E-state index contributed by atoms with van der Waals surface area (Å²) in [5, 5.41) is 4.98. The van der Waals surface area contributed by atoms with Gasteiger partial charge in [-0.2, -0.15) is 0 Å². The lowest BCUT2D eigenvalue weighted by Crippen LogP contribution is -2.22. The third-order valence-electron chi connectivity index (χ3n) is 4.61. The summed E-state index contributed by atoms with van der Waals surface area (Å²) in [7, 11) is 0. The number of carbonyl (C=O) groups excluding carboxylic acids is 1. The number of hydrogen-bond donors (Lipinski definition) is 1. The van der Waals surface area contributed by atoms with Crippen molar-refractivity contribution in [3.63, 3.8) is 0 Å². The van der Waals surface area contributed by atoms with Gasteiger partial charge in [0, 0.05) is 29.1 Å². The van der Waals surface area contributed by atoms with Crippen molar-refractivity contribution >= 4 is 23.4 Å². The van der Waals surface area contributed by atoms with Crippen LogP contribution in [0, 0.1) is 0 Å². The van der Waals surface area contributed by atoms with Gasteiger partial charge in [-0.3, -0.25) is 9.79 Å². The molecular formula is C27H34N2OS. The number of carbonyl (C=O) groups is 1. The first-order valence-electron chi connectivity index (χ1n) is 11.1. The molecule has 0 saturated carbocycles. The third kappa shape index (κ3) is 8.58. The number of aliphatic imine (C=N–C) groups is 1. The van der Waals surface area contributed by atoms with Gasteiger partial charge in [0.15, 0.2) is 0 Å². The van der Waals surface area contributed by atoms with E-state index in [2.05, 4.69) is 72.3 Å². The van der Waals surface area contributed by atoms with Crippen LogP contribution in [0.15, 0.2) is 93.4 Å². The number of fused-ring (bicyclic) bond motifs is 1. The molecule has 0 fully saturated rings. The fraction of sp³-hybridized carbons (Fsp3) is 0.333. The van der Waals surface area contributed by atoms with E-state index in [1.807, 2.05) is 26.0 Å². The molecule has 1 aromatic rings. The highest BCUT2D eigenvalue weighted by atomic mass is 32.2. The van der Waals surface area contributed by atoms with Crippen LogP contribution in [0.5, 0.6) is 0 Å². The average Bonchev–Trinajstić information content (AvgIpc) is 3.17. The molecule has 3 rings (SSSR count). The zero-order valence-corrected chi connectivity index (χ0v) is 19.8.